The number of carbonyl (C=O) groups excluding carboxylic acids is 2. The number of nitrogens with two attached hydrogens (primary N) is 1. The van der Waals surface area contributed by atoms with Gasteiger partial charge < -0.3 is 11.1 Å². The number of halogens is 1. The van der Waals surface area contributed by atoms with Crippen LogP contribution in [-0.4, -0.2) is 29.8 Å². The van der Waals surface area contributed by atoms with E-state index in [4.69, 9.17) is 5.73 Å². The van der Waals surface area contributed by atoms with Crippen LogP contribution >= 0.6 is 23.7 Å². The predicted molar refractivity (Wildman–Crippen MR) is 99.9 cm³/mol. The lowest BCUT2D eigenvalue weighted by Gasteiger charge is -2.25. The fourth-order valence-corrected chi connectivity index (χ4v) is 4.95. The Kier molecular flexibility index (Phi) is 6.66. The molecule has 0 bridgehead atoms. The van der Waals surface area contributed by atoms with Crippen LogP contribution in [0.5, 0.6) is 0 Å². The number of nitrogens with one attached hydrogen (secondary N) is 1. The first-order valence-corrected chi connectivity index (χ1v) is 9.39. The second-order valence-corrected chi connectivity index (χ2v) is 7.62. The number of hydrogen-bond acceptors (Lipinski definition) is 4. The molecule has 1 aromatic rings. The second kappa shape index (κ2) is 8.32. The summed E-state index contributed by atoms with van der Waals surface area (Å²) in [6, 6.07) is 0. The summed E-state index contributed by atoms with van der Waals surface area (Å²) in [6.45, 7) is 4.92. The first kappa shape index (κ1) is 19.2. The predicted octanol–water partition coefficient (Wildman–Crippen LogP) is 3.17. The minimum atomic E-state index is -0.425. The lowest BCUT2D eigenvalue weighted by molar-refractivity contribution is -0.120. The van der Waals surface area contributed by atoms with Crippen molar-refractivity contribution in [3.05, 3.63) is 16.0 Å². The van der Waals surface area contributed by atoms with E-state index in [0.717, 1.165) is 57.3 Å². The van der Waals surface area contributed by atoms with E-state index in [0.29, 0.717) is 10.6 Å². The zero-order valence-electron chi connectivity index (χ0n) is 14.1. The molecule has 7 heteroatoms. The van der Waals surface area contributed by atoms with Crippen molar-refractivity contribution in [2.45, 2.75) is 52.0 Å². The normalized spacial score (nSPS) is 18.5. The van der Waals surface area contributed by atoms with Gasteiger partial charge >= 0.3 is 0 Å². The minimum absolute atomic E-state index is 0. The van der Waals surface area contributed by atoms with E-state index in [9.17, 15) is 9.59 Å². The summed E-state index contributed by atoms with van der Waals surface area (Å²) in [5, 5.41) is 3.67. The van der Waals surface area contributed by atoms with Crippen molar-refractivity contribution in [3.8, 4) is 0 Å². The summed E-state index contributed by atoms with van der Waals surface area (Å²) in [5.41, 5.74) is 7.20. The second-order valence-electron chi connectivity index (χ2n) is 6.52. The third-order valence-electron chi connectivity index (χ3n) is 5.04. The van der Waals surface area contributed by atoms with Crippen LogP contribution in [0, 0.1) is 5.92 Å². The SMILES string of the molecule is CCN1CCc2c(sc(NC(=O)C3CCCCC3)c2C(N)=O)C1.Cl. The minimum Gasteiger partial charge on any atom is -0.365 e. The highest BCUT2D eigenvalue weighted by Gasteiger charge is 2.29. The molecular weight excluding hydrogens is 346 g/mol. The molecule has 2 amide bonds. The van der Waals surface area contributed by atoms with E-state index in [1.165, 1.54) is 22.6 Å². The van der Waals surface area contributed by atoms with Crippen LogP contribution in [0.3, 0.4) is 0 Å². The van der Waals surface area contributed by atoms with Gasteiger partial charge in [0.1, 0.15) is 5.00 Å². The zero-order valence-corrected chi connectivity index (χ0v) is 15.7. The number of anilines is 1. The van der Waals surface area contributed by atoms with Crippen molar-refractivity contribution in [2.24, 2.45) is 11.7 Å². The monoisotopic (exact) mass is 371 g/mol. The maximum atomic E-state index is 12.5. The van der Waals surface area contributed by atoms with Crippen molar-refractivity contribution >= 4 is 40.6 Å². The Balaban J connectivity index is 0.00000208. The summed E-state index contributed by atoms with van der Waals surface area (Å²) in [5.74, 6) is -0.291. The van der Waals surface area contributed by atoms with Crippen molar-refractivity contribution < 1.29 is 9.59 Å². The van der Waals surface area contributed by atoms with Gasteiger partial charge in [0.2, 0.25) is 5.91 Å². The number of fused-ring (bicyclic) bond motifs is 1. The Labute approximate surface area is 153 Å². The third-order valence-corrected chi connectivity index (χ3v) is 6.17. The van der Waals surface area contributed by atoms with Gasteiger partial charge in [0, 0.05) is 23.9 Å². The Morgan fingerprint density at radius 3 is 2.62 bits per heavy atom. The summed E-state index contributed by atoms with van der Waals surface area (Å²) < 4.78 is 0. The van der Waals surface area contributed by atoms with Crippen LogP contribution in [0.1, 0.15) is 59.8 Å². The summed E-state index contributed by atoms with van der Waals surface area (Å²) >= 11 is 1.53. The lowest BCUT2D eigenvalue weighted by atomic mass is 9.88. The number of thiophene rings is 1. The summed E-state index contributed by atoms with van der Waals surface area (Å²) in [6.07, 6.45) is 6.19. The van der Waals surface area contributed by atoms with Crippen molar-refractivity contribution in [1.29, 1.82) is 0 Å². The molecule has 1 aliphatic carbocycles. The van der Waals surface area contributed by atoms with Gasteiger partial charge in [-0.15, -0.1) is 23.7 Å². The first-order valence-electron chi connectivity index (χ1n) is 8.57. The number of carbonyl (C=O) groups is 2. The van der Waals surface area contributed by atoms with Gasteiger partial charge in [0.15, 0.2) is 0 Å². The Morgan fingerprint density at radius 1 is 1.29 bits per heavy atom. The summed E-state index contributed by atoms with van der Waals surface area (Å²) in [4.78, 5) is 28.0. The first-order chi connectivity index (χ1) is 11.1. The molecule has 0 aromatic carbocycles. The maximum Gasteiger partial charge on any atom is 0.251 e. The third kappa shape index (κ3) is 3.92. The molecule has 1 aliphatic heterocycles. The fourth-order valence-electron chi connectivity index (χ4n) is 3.65. The highest BCUT2D eigenvalue weighted by atomic mass is 35.5. The number of amides is 2. The molecule has 0 unspecified atom stereocenters. The molecule has 0 saturated heterocycles. The molecule has 1 aromatic heterocycles. The van der Waals surface area contributed by atoms with Crippen LogP contribution in [0.4, 0.5) is 5.00 Å². The number of nitrogens with zero attached hydrogens (tertiary/aromatic N) is 1. The number of likely N-dealkylation sites (N-methyl/N-ethyl adjacent to an activating group) is 1. The van der Waals surface area contributed by atoms with Crippen molar-refractivity contribution in [3.63, 3.8) is 0 Å². The molecular formula is C17H26ClN3O2S. The van der Waals surface area contributed by atoms with Gasteiger partial charge in [0.05, 0.1) is 5.56 Å². The number of rotatable bonds is 4. The Hall–Kier alpha value is -1.11. The number of hydrogen-bond donors (Lipinski definition) is 2. The van der Waals surface area contributed by atoms with Crippen LogP contribution < -0.4 is 11.1 Å². The van der Waals surface area contributed by atoms with Gasteiger partial charge in [-0.2, -0.15) is 0 Å². The van der Waals surface area contributed by atoms with Gasteiger partial charge in [-0.1, -0.05) is 26.2 Å². The van der Waals surface area contributed by atoms with Gasteiger partial charge in [0.25, 0.3) is 5.91 Å². The molecule has 0 atom stereocenters. The van der Waals surface area contributed by atoms with Crippen LogP contribution in [0.25, 0.3) is 0 Å². The molecule has 3 N–H and O–H groups in total. The highest BCUT2D eigenvalue weighted by molar-refractivity contribution is 7.17. The lowest BCUT2D eigenvalue weighted by Crippen LogP contribution is -2.30. The number of primary amides is 1. The molecule has 5 nitrogen and oxygen atoms in total. The quantitative estimate of drug-likeness (QED) is 0.853. The van der Waals surface area contributed by atoms with E-state index in [1.807, 2.05) is 0 Å². The average Bonchev–Trinajstić information content (AvgIpc) is 2.92. The zero-order chi connectivity index (χ0) is 16.4. The highest BCUT2D eigenvalue weighted by Crippen LogP contribution is 2.37. The molecule has 2 heterocycles. The van der Waals surface area contributed by atoms with E-state index < -0.39 is 5.91 Å². The summed E-state index contributed by atoms with van der Waals surface area (Å²) in [7, 11) is 0. The van der Waals surface area contributed by atoms with E-state index in [-0.39, 0.29) is 24.2 Å². The van der Waals surface area contributed by atoms with E-state index >= 15 is 0 Å². The Bertz CT molecular complexity index is 611. The molecule has 134 valence electrons. The van der Waals surface area contributed by atoms with Crippen molar-refractivity contribution in [1.82, 2.24) is 4.90 Å². The average molecular weight is 372 g/mol. The van der Waals surface area contributed by atoms with Gasteiger partial charge in [-0.3, -0.25) is 14.5 Å². The topological polar surface area (TPSA) is 75.4 Å². The fraction of sp³-hybridized carbons (Fsp3) is 0.647. The van der Waals surface area contributed by atoms with Crippen LogP contribution in [-0.2, 0) is 17.8 Å². The molecule has 24 heavy (non-hydrogen) atoms. The largest absolute Gasteiger partial charge is 0.365 e. The van der Waals surface area contributed by atoms with Crippen molar-refractivity contribution in [2.75, 3.05) is 18.4 Å². The molecule has 0 radical (unpaired) electrons. The molecule has 3 rings (SSSR count). The maximum absolute atomic E-state index is 12.5. The van der Waals surface area contributed by atoms with E-state index in [2.05, 4.69) is 17.1 Å². The molecule has 2 aliphatic rings. The molecule has 1 fully saturated rings. The van der Waals surface area contributed by atoms with Crippen LogP contribution in [0.2, 0.25) is 0 Å². The standard InChI is InChI=1S/C17H25N3O2S.ClH/c1-2-20-9-8-12-13(10-20)23-17(14(12)15(18)21)19-16(22)11-6-4-3-5-7-11;/h11H,2-10H2,1H3,(H2,18,21)(H,19,22);1H. The molecule has 0 spiro atoms. The smallest absolute Gasteiger partial charge is 0.251 e. The van der Waals surface area contributed by atoms with Gasteiger partial charge in [-0.25, -0.2) is 0 Å². The molecule has 1 saturated carbocycles. The van der Waals surface area contributed by atoms with Crippen LogP contribution in [0.15, 0.2) is 0 Å². The Morgan fingerprint density at radius 2 is 2.00 bits per heavy atom. The van der Waals surface area contributed by atoms with E-state index in [1.54, 1.807) is 0 Å². The van der Waals surface area contributed by atoms with Gasteiger partial charge in [-0.05, 0) is 31.4 Å².